The third kappa shape index (κ3) is 1.90. The molecule has 1 N–H and O–H groups in total. The first-order valence-electron chi connectivity index (χ1n) is 4.72. The minimum Gasteiger partial charge on any atom is -0.494 e. The van der Waals surface area contributed by atoms with E-state index >= 15 is 0 Å². The van der Waals surface area contributed by atoms with Crippen molar-refractivity contribution in [1.82, 2.24) is 9.55 Å². The van der Waals surface area contributed by atoms with Gasteiger partial charge in [0.15, 0.2) is 11.6 Å². The summed E-state index contributed by atoms with van der Waals surface area (Å²) in [4.78, 5) is 3.94. The molecule has 0 saturated carbocycles. The van der Waals surface area contributed by atoms with Crippen molar-refractivity contribution in [1.29, 1.82) is 0 Å². The van der Waals surface area contributed by atoms with E-state index in [9.17, 15) is 4.39 Å². The summed E-state index contributed by atoms with van der Waals surface area (Å²) in [5.74, 6) is -0.231. The van der Waals surface area contributed by atoms with E-state index in [4.69, 9.17) is 9.84 Å². The number of benzene rings is 1. The second kappa shape index (κ2) is 4.32. The summed E-state index contributed by atoms with van der Waals surface area (Å²) in [6, 6.07) is 4.61. The normalized spacial score (nSPS) is 10.4. The highest BCUT2D eigenvalue weighted by Gasteiger charge is 2.05. The van der Waals surface area contributed by atoms with Crippen molar-refractivity contribution in [3.05, 3.63) is 42.2 Å². The molecule has 0 bridgehead atoms. The molecule has 0 unspecified atom stereocenters. The van der Waals surface area contributed by atoms with Gasteiger partial charge in [-0.25, -0.2) is 9.37 Å². The van der Waals surface area contributed by atoms with Gasteiger partial charge < -0.3 is 14.4 Å². The van der Waals surface area contributed by atoms with Crippen molar-refractivity contribution >= 4 is 0 Å². The van der Waals surface area contributed by atoms with E-state index in [1.54, 1.807) is 22.9 Å². The van der Waals surface area contributed by atoms with Crippen LogP contribution >= 0.6 is 0 Å². The van der Waals surface area contributed by atoms with Crippen molar-refractivity contribution in [2.45, 2.75) is 6.61 Å². The monoisotopic (exact) mass is 222 g/mol. The standard InChI is InChI=1S/C11H11FN2O2/c1-16-11-3-2-9(4-10(11)12)14-5-8(6-15)13-7-14/h2-5,7,15H,6H2,1H3. The molecule has 0 amide bonds. The van der Waals surface area contributed by atoms with Gasteiger partial charge in [-0.2, -0.15) is 0 Å². The van der Waals surface area contributed by atoms with Crippen molar-refractivity contribution in [2.24, 2.45) is 0 Å². The van der Waals surface area contributed by atoms with Gasteiger partial charge in [0.1, 0.15) is 0 Å². The van der Waals surface area contributed by atoms with Crippen LogP contribution in [0.4, 0.5) is 4.39 Å². The van der Waals surface area contributed by atoms with Gasteiger partial charge in [0.25, 0.3) is 0 Å². The molecule has 5 heteroatoms. The molecular weight excluding hydrogens is 211 g/mol. The second-order valence-corrected chi connectivity index (χ2v) is 3.25. The number of hydrogen-bond donors (Lipinski definition) is 1. The molecule has 2 aromatic rings. The molecular formula is C11H11FN2O2. The van der Waals surface area contributed by atoms with Gasteiger partial charge >= 0.3 is 0 Å². The third-order valence-electron chi connectivity index (χ3n) is 2.23. The average molecular weight is 222 g/mol. The summed E-state index contributed by atoms with van der Waals surface area (Å²) >= 11 is 0. The molecule has 4 nitrogen and oxygen atoms in total. The molecule has 0 spiro atoms. The van der Waals surface area contributed by atoms with E-state index < -0.39 is 5.82 Å². The Morgan fingerprint density at radius 2 is 2.31 bits per heavy atom. The van der Waals surface area contributed by atoms with Crippen LogP contribution in [-0.4, -0.2) is 21.8 Å². The van der Waals surface area contributed by atoms with Crippen molar-refractivity contribution in [3.63, 3.8) is 0 Å². The zero-order valence-electron chi connectivity index (χ0n) is 8.72. The van der Waals surface area contributed by atoms with E-state index in [2.05, 4.69) is 4.98 Å². The molecule has 0 aliphatic rings. The van der Waals surface area contributed by atoms with Gasteiger partial charge in [-0.3, -0.25) is 0 Å². The zero-order chi connectivity index (χ0) is 11.5. The largest absolute Gasteiger partial charge is 0.494 e. The van der Waals surface area contributed by atoms with E-state index in [0.717, 1.165) is 0 Å². The average Bonchev–Trinajstić information content (AvgIpc) is 2.77. The van der Waals surface area contributed by atoms with Crippen LogP contribution in [0.25, 0.3) is 5.69 Å². The SMILES string of the molecule is COc1ccc(-n2cnc(CO)c2)cc1F. The number of aromatic nitrogens is 2. The van der Waals surface area contributed by atoms with Crippen LogP contribution in [0.15, 0.2) is 30.7 Å². The van der Waals surface area contributed by atoms with E-state index in [-0.39, 0.29) is 12.4 Å². The molecule has 0 aliphatic carbocycles. The number of nitrogens with zero attached hydrogens (tertiary/aromatic N) is 2. The molecule has 0 aliphatic heterocycles. The Bertz CT molecular complexity index is 496. The van der Waals surface area contributed by atoms with Crippen LogP contribution in [0.2, 0.25) is 0 Å². The third-order valence-corrected chi connectivity index (χ3v) is 2.23. The van der Waals surface area contributed by atoms with Gasteiger partial charge in [0, 0.05) is 18.0 Å². The van der Waals surface area contributed by atoms with Crippen LogP contribution in [0.5, 0.6) is 5.75 Å². The zero-order valence-corrected chi connectivity index (χ0v) is 8.72. The van der Waals surface area contributed by atoms with E-state index in [0.29, 0.717) is 11.4 Å². The van der Waals surface area contributed by atoms with Crippen LogP contribution in [0.1, 0.15) is 5.69 Å². The van der Waals surface area contributed by atoms with Gasteiger partial charge in [-0.05, 0) is 12.1 Å². The summed E-state index contributed by atoms with van der Waals surface area (Å²) in [6.45, 7) is -0.133. The fraction of sp³-hybridized carbons (Fsp3) is 0.182. The van der Waals surface area contributed by atoms with E-state index in [1.165, 1.54) is 19.5 Å². The lowest BCUT2D eigenvalue weighted by atomic mass is 10.3. The number of aliphatic hydroxyl groups is 1. The number of aliphatic hydroxyl groups excluding tert-OH is 1. The predicted molar refractivity (Wildman–Crippen MR) is 56.0 cm³/mol. The maximum atomic E-state index is 13.4. The maximum Gasteiger partial charge on any atom is 0.167 e. The predicted octanol–water partition coefficient (Wildman–Crippen LogP) is 1.51. The second-order valence-electron chi connectivity index (χ2n) is 3.25. The van der Waals surface area contributed by atoms with Crippen molar-refractivity contribution in [2.75, 3.05) is 7.11 Å². The highest BCUT2D eigenvalue weighted by Crippen LogP contribution is 2.20. The van der Waals surface area contributed by atoms with Gasteiger partial charge in [0.05, 0.1) is 25.7 Å². The van der Waals surface area contributed by atoms with Crippen LogP contribution in [-0.2, 0) is 6.61 Å². The molecule has 84 valence electrons. The fourth-order valence-electron chi connectivity index (χ4n) is 1.40. The molecule has 0 radical (unpaired) electrons. The first-order chi connectivity index (χ1) is 7.74. The Labute approximate surface area is 91.9 Å². The first kappa shape index (κ1) is 10.6. The highest BCUT2D eigenvalue weighted by atomic mass is 19.1. The Morgan fingerprint density at radius 1 is 1.50 bits per heavy atom. The Hall–Kier alpha value is -1.88. The lowest BCUT2D eigenvalue weighted by Gasteiger charge is -2.05. The highest BCUT2D eigenvalue weighted by molar-refractivity contribution is 5.38. The summed E-state index contributed by atoms with van der Waals surface area (Å²) < 4.78 is 19.9. The fourth-order valence-corrected chi connectivity index (χ4v) is 1.40. The van der Waals surface area contributed by atoms with Gasteiger partial charge in [-0.15, -0.1) is 0 Å². The number of hydrogen-bond acceptors (Lipinski definition) is 3. The molecule has 1 aromatic heterocycles. The topological polar surface area (TPSA) is 47.3 Å². The molecule has 2 rings (SSSR count). The Balaban J connectivity index is 2.37. The minimum absolute atomic E-state index is 0.133. The maximum absolute atomic E-state index is 13.4. The van der Waals surface area contributed by atoms with Crippen molar-refractivity contribution < 1.29 is 14.2 Å². The van der Waals surface area contributed by atoms with Crippen LogP contribution < -0.4 is 4.74 Å². The van der Waals surface area contributed by atoms with Crippen LogP contribution in [0, 0.1) is 5.82 Å². The molecule has 0 saturated heterocycles. The number of halogens is 1. The quantitative estimate of drug-likeness (QED) is 0.856. The number of rotatable bonds is 3. The Morgan fingerprint density at radius 3 is 2.88 bits per heavy atom. The smallest absolute Gasteiger partial charge is 0.167 e. The number of methoxy groups -OCH3 is 1. The lowest BCUT2D eigenvalue weighted by molar-refractivity contribution is 0.277. The van der Waals surface area contributed by atoms with E-state index in [1.807, 2.05) is 0 Å². The van der Waals surface area contributed by atoms with Crippen molar-refractivity contribution in [3.8, 4) is 11.4 Å². The molecule has 0 atom stereocenters. The summed E-state index contributed by atoms with van der Waals surface area (Å²) in [5.41, 5.74) is 1.17. The molecule has 0 fully saturated rings. The summed E-state index contributed by atoms with van der Waals surface area (Å²) in [7, 11) is 1.42. The van der Waals surface area contributed by atoms with Gasteiger partial charge in [-0.1, -0.05) is 0 Å². The number of ether oxygens (including phenoxy) is 1. The molecule has 1 heterocycles. The Kier molecular flexibility index (Phi) is 2.87. The van der Waals surface area contributed by atoms with Crippen LogP contribution in [0.3, 0.4) is 0 Å². The van der Waals surface area contributed by atoms with Gasteiger partial charge in [0.2, 0.25) is 0 Å². The lowest BCUT2D eigenvalue weighted by Crippen LogP contribution is -1.93. The summed E-state index contributed by atoms with van der Waals surface area (Å²) in [6.07, 6.45) is 3.16. The molecule has 16 heavy (non-hydrogen) atoms. The number of imidazole rings is 1. The minimum atomic E-state index is -0.431. The first-order valence-corrected chi connectivity index (χ1v) is 4.72. The summed E-state index contributed by atoms with van der Waals surface area (Å²) in [5, 5.41) is 8.86. The molecule has 1 aromatic carbocycles.